The number of amides is 1. The van der Waals surface area contributed by atoms with E-state index < -0.39 is 23.1 Å². The number of benzene rings is 3. The predicted octanol–water partition coefficient (Wildman–Crippen LogP) is 4.10. The quantitative estimate of drug-likeness (QED) is 0.267. The molecule has 0 spiro atoms. The number of fused-ring (bicyclic) bond motifs is 1. The van der Waals surface area contributed by atoms with Gasteiger partial charge < -0.3 is 20.1 Å². The molecule has 0 aliphatic carbocycles. The molecular weight excluding hydrogens is 552 g/mol. The number of nitrogens with one attached hydrogen (secondary N) is 2. The van der Waals surface area contributed by atoms with Gasteiger partial charge in [-0.3, -0.25) is 9.59 Å². The molecule has 9 nitrogen and oxygen atoms in total. The molecule has 0 unspecified atom stereocenters. The Labute approximate surface area is 246 Å². The highest BCUT2D eigenvalue weighted by molar-refractivity contribution is 5.92. The molecule has 0 saturated heterocycles. The second-order valence-electron chi connectivity index (χ2n) is 9.97. The fraction of sp³-hybridized carbons (Fsp3) is 0.156. The summed E-state index contributed by atoms with van der Waals surface area (Å²) in [7, 11) is 4.05. The first kappa shape index (κ1) is 29.0. The van der Waals surface area contributed by atoms with Crippen molar-refractivity contribution < 1.29 is 13.6 Å². The summed E-state index contributed by atoms with van der Waals surface area (Å²) in [6.07, 6.45) is 4.37. The summed E-state index contributed by atoms with van der Waals surface area (Å²) in [4.78, 5) is 40.3. The van der Waals surface area contributed by atoms with Gasteiger partial charge in [-0.05, 0) is 67.7 Å². The summed E-state index contributed by atoms with van der Waals surface area (Å²) < 4.78 is 27.9. The third-order valence-corrected chi connectivity index (χ3v) is 6.32. The van der Waals surface area contributed by atoms with Gasteiger partial charge in [0.2, 0.25) is 5.95 Å². The van der Waals surface area contributed by atoms with Gasteiger partial charge in [0, 0.05) is 41.8 Å². The molecule has 0 atom stereocenters. The maximum Gasteiger partial charge on any atom is 0.282 e. The molecule has 2 N–H and O–H groups in total. The lowest BCUT2D eigenvalue weighted by Gasteiger charge is -2.10. The van der Waals surface area contributed by atoms with Crippen molar-refractivity contribution in [3.8, 4) is 11.8 Å². The van der Waals surface area contributed by atoms with E-state index in [4.69, 9.17) is 0 Å². The highest BCUT2D eigenvalue weighted by Gasteiger charge is 2.14. The lowest BCUT2D eigenvalue weighted by atomic mass is 10.1. The maximum absolute atomic E-state index is 13.5. The van der Waals surface area contributed by atoms with Gasteiger partial charge in [-0.1, -0.05) is 30.0 Å². The highest BCUT2D eigenvalue weighted by Crippen LogP contribution is 2.18. The molecule has 5 rings (SSSR count). The number of rotatable bonds is 8. The zero-order valence-corrected chi connectivity index (χ0v) is 23.4. The molecule has 2 heterocycles. The molecule has 0 aliphatic rings. The van der Waals surface area contributed by atoms with Crippen LogP contribution in [0.15, 0.2) is 84.0 Å². The van der Waals surface area contributed by atoms with Crippen LogP contribution in [0.2, 0.25) is 0 Å². The van der Waals surface area contributed by atoms with Crippen molar-refractivity contribution in [2.45, 2.75) is 13.1 Å². The fourth-order valence-electron chi connectivity index (χ4n) is 4.28. The van der Waals surface area contributed by atoms with E-state index >= 15 is 0 Å². The fourth-order valence-corrected chi connectivity index (χ4v) is 4.28. The molecular formula is C32H27F2N7O2. The van der Waals surface area contributed by atoms with Crippen LogP contribution in [0.4, 0.5) is 20.4 Å². The van der Waals surface area contributed by atoms with Gasteiger partial charge in [0.25, 0.3) is 11.5 Å². The predicted molar refractivity (Wildman–Crippen MR) is 160 cm³/mol. The van der Waals surface area contributed by atoms with Gasteiger partial charge in [-0.15, -0.1) is 0 Å². The second kappa shape index (κ2) is 13.0. The summed E-state index contributed by atoms with van der Waals surface area (Å²) in [6.45, 7) is 0.786. The van der Waals surface area contributed by atoms with Crippen LogP contribution >= 0.6 is 0 Å². The van der Waals surface area contributed by atoms with Crippen LogP contribution < -0.4 is 16.2 Å². The molecule has 5 aromatic rings. The Kier molecular flexibility index (Phi) is 8.79. The van der Waals surface area contributed by atoms with Gasteiger partial charge in [-0.25, -0.2) is 23.7 Å². The number of anilines is 2. The monoisotopic (exact) mass is 579 g/mol. The molecule has 43 heavy (non-hydrogen) atoms. The van der Waals surface area contributed by atoms with Crippen LogP contribution in [0.25, 0.3) is 10.9 Å². The SMILES string of the molecule is CN(C)Cc1ccc(Nc2ncc3cc(C#CCNC(=O)c4nccn(Cc5ccc(F)c(F)c5)c4=O)ccc3n2)cc1. The Bertz CT molecular complexity index is 1910. The minimum atomic E-state index is -1.02. The van der Waals surface area contributed by atoms with Crippen LogP contribution in [0.3, 0.4) is 0 Å². The average Bonchev–Trinajstić information content (AvgIpc) is 2.99. The zero-order valence-electron chi connectivity index (χ0n) is 23.4. The van der Waals surface area contributed by atoms with Gasteiger partial charge in [0.05, 0.1) is 18.6 Å². The van der Waals surface area contributed by atoms with Crippen LogP contribution in [0, 0.1) is 23.5 Å². The first-order valence-electron chi connectivity index (χ1n) is 13.3. The number of carbonyl (C=O) groups is 1. The molecule has 1 amide bonds. The van der Waals surface area contributed by atoms with Crippen molar-refractivity contribution in [3.05, 3.63) is 124 Å². The molecule has 0 radical (unpaired) electrons. The van der Waals surface area contributed by atoms with Gasteiger partial charge in [0.15, 0.2) is 17.3 Å². The number of halogens is 2. The molecule has 3 aromatic carbocycles. The normalized spacial score (nSPS) is 10.8. The van der Waals surface area contributed by atoms with E-state index in [2.05, 4.69) is 54.5 Å². The number of carbonyl (C=O) groups excluding carboxylic acids is 1. The molecule has 0 saturated carbocycles. The van der Waals surface area contributed by atoms with Gasteiger partial charge >= 0.3 is 0 Å². The number of hydrogen-bond acceptors (Lipinski definition) is 7. The van der Waals surface area contributed by atoms with E-state index in [9.17, 15) is 18.4 Å². The second-order valence-corrected chi connectivity index (χ2v) is 9.97. The Morgan fingerprint density at radius 3 is 2.53 bits per heavy atom. The zero-order chi connectivity index (χ0) is 30.3. The first-order valence-corrected chi connectivity index (χ1v) is 13.3. The summed E-state index contributed by atoms with van der Waals surface area (Å²) in [5.74, 6) is 3.62. The van der Waals surface area contributed by atoms with Crippen LogP contribution in [-0.2, 0) is 13.1 Å². The number of nitrogens with zero attached hydrogens (tertiary/aromatic N) is 5. The van der Waals surface area contributed by atoms with Crippen LogP contribution in [-0.4, -0.2) is 51.0 Å². The van der Waals surface area contributed by atoms with E-state index in [-0.39, 0.29) is 18.8 Å². The smallest absolute Gasteiger partial charge is 0.282 e. The summed E-state index contributed by atoms with van der Waals surface area (Å²) >= 11 is 0. The van der Waals surface area contributed by atoms with Crippen molar-refractivity contribution >= 4 is 28.4 Å². The average molecular weight is 580 g/mol. The van der Waals surface area contributed by atoms with Crippen molar-refractivity contribution in [2.24, 2.45) is 0 Å². The molecule has 2 aromatic heterocycles. The maximum atomic E-state index is 13.5. The summed E-state index contributed by atoms with van der Waals surface area (Å²) in [5.41, 5.74) is 2.92. The van der Waals surface area contributed by atoms with E-state index in [0.717, 1.165) is 35.3 Å². The topological polar surface area (TPSA) is 105 Å². The Morgan fingerprint density at radius 2 is 1.77 bits per heavy atom. The third kappa shape index (κ3) is 7.44. The lowest BCUT2D eigenvalue weighted by Crippen LogP contribution is -2.34. The van der Waals surface area contributed by atoms with Gasteiger partial charge in [0.1, 0.15) is 0 Å². The van der Waals surface area contributed by atoms with Crippen LogP contribution in [0.5, 0.6) is 0 Å². The summed E-state index contributed by atoms with van der Waals surface area (Å²) in [6, 6.07) is 16.9. The first-order chi connectivity index (χ1) is 20.7. The number of hydrogen-bond donors (Lipinski definition) is 2. The Morgan fingerprint density at radius 1 is 0.977 bits per heavy atom. The van der Waals surface area contributed by atoms with Crippen molar-refractivity contribution in [3.63, 3.8) is 0 Å². The Hall–Kier alpha value is -5.47. The molecule has 0 fully saturated rings. The molecule has 216 valence electrons. The largest absolute Gasteiger partial charge is 0.340 e. The van der Waals surface area contributed by atoms with E-state index in [1.165, 1.54) is 28.6 Å². The van der Waals surface area contributed by atoms with Crippen molar-refractivity contribution in [1.29, 1.82) is 0 Å². The number of aromatic nitrogens is 4. The standard InChI is InChI=1S/C32H27F2N7O2/c1-40(2)19-22-5-9-25(10-6-22)38-32-37-18-24-16-21(8-12-28(24)39-32)4-3-13-36-30(42)29-31(43)41(15-14-35-29)20-23-7-11-26(33)27(34)17-23/h5-12,14-18H,13,19-20H2,1-2H3,(H,36,42)(H,37,38,39). The van der Waals surface area contributed by atoms with E-state index in [1.54, 1.807) is 6.20 Å². The molecule has 0 bridgehead atoms. The molecule has 11 heteroatoms. The van der Waals surface area contributed by atoms with Crippen molar-refractivity contribution in [1.82, 2.24) is 29.7 Å². The highest BCUT2D eigenvalue weighted by atomic mass is 19.2. The van der Waals surface area contributed by atoms with Crippen LogP contribution in [0.1, 0.15) is 27.2 Å². The van der Waals surface area contributed by atoms with Gasteiger partial charge in [-0.2, -0.15) is 0 Å². The minimum absolute atomic E-state index is 0.0251. The Balaban J connectivity index is 1.19. The minimum Gasteiger partial charge on any atom is -0.340 e. The third-order valence-electron chi connectivity index (χ3n) is 6.32. The van der Waals surface area contributed by atoms with E-state index in [1.807, 2.05) is 44.4 Å². The lowest BCUT2D eigenvalue weighted by molar-refractivity contribution is 0.0951. The van der Waals surface area contributed by atoms with E-state index in [0.29, 0.717) is 17.1 Å². The van der Waals surface area contributed by atoms with Crippen molar-refractivity contribution in [2.75, 3.05) is 26.0 Å². The summed E-state index contributed by atoms with van der Waals surface area (Å²) in [5, 5.41) is 6.59. The molecule has 0 aliphatic heterocycles.